The number of nitrogens with zero attached hydrogens (tertiary/aromatic N) is 4. The van der Waals surface area contributed by atoms with Crippen LogP contribution in [0.1, 0.15) is 61.4 Å². The number of fused-ring (bicyclic) bond motifs is 8. The number of benzene rings is 1. The number of rotatable bonds is 9. The van der Waals surface area contributed by atoms with Crippen molar-refractivity contribution in [1.29, 1.82) is 0 Å². The summed E-state index contributed by atoms with van der Waals surface area (Å²) < 4.78 is 15.4. The molecule has 272 valence electrons. The van der Waals surface area contributed by atoms with Crippen LogP contribution in [0.2, 0.25) is 0 Å². The van der Waals surface area contributed by atoms with E-state index in [0.717, 1.165) is 67.4 Å². The molecule has 11 nitrogen and oxygen atoms in total. The lowest BCUT2D eigenvalue weighted by atomic mass is 9.79. The molecular formula is C41H47N5O6. The zero-order valence-electron chi connectivity index (χ0n) is 30.0. The molecule has 4 bridgehead atoms. The third-order valence-electron chi connectivity index (χ3n) is 11.5. The lowest BCUT2D eigenvalue weighted by molar-refractivity contribution is -0.139. The minimum atomic E-state index is -0.697. The first kappa shape index (κ1) is 34.4. The summed E-state index contributed by atoms with van der Waals surface area (Å²) in [6, 6.07) is 20.8. The van der Waals surface area contributed by atoms with Gasteiger partial charge in [-0.2, -0.15) is 0 Å². The molecule has 5 aliphatic heterocycles. The van der Waals surface area contributed by atoms with Gasteiger partial charge in [0.05, 0.1) is 30.3 Å². The zero-order valence-corrected chi connectivity index (χ0v) is 30.0. The molecule has 0 saturated carbocycles. The molecule has 2 aromatic heterocycles. The fraction of sp³-hybridized carbons (Fsp3) is 0.463. The summed E-state index contributed by atoms with van der Waals surface area (Å²) in [7, 11) is 0. The van der Waals surface area contributed by atoms with Gasteiger partial charge in [-0.15, -0.1) is 0 Å². The highest BCUT2D eigenvalue weighted by Crippen LogP contribution is 2.42. The number of carbonyl (C=O) groups excluding carboxylic acids is 2. The van der Waals surface area contributed by atoms with E-state index in [0.29, 0.717) is 49.2 Å². The van der Waals surface area contributed by atoms with Crippen LogP contribution in [-0.2, 0) is 32.2 Å². The number of aromatic nitrogens is 2. The van der Waals surface area contributed by atoms with Crippen LogP contribution in [0.25, 0.3) is 0 Å². The maximum Gasteiger partial charge on any atom is 0.336 e. The Morgan fingerprint density at radius 1 is 0.635 bits per heavy atom. The molecule has 2 fully saturated rings. The van der Waals surface area contributed by atoms with Gasteiger partial charge in [-0.3, -0.25) is 19.4 Å². The van der Waals surface area contributed by atoms with Gasteiger partial charge in [0, 0.05) is 99.1 Å². The van der Waals surface area contributed by atoms with Crippen LogP contribution < -0.4 is 16.4 Å². The highest BCUT2D eigenvalue weighted by Gasteiger charge is 2.43. The van der Waals surface area contributed by atoms with Gasteiger partial charge in [-0.05, 0) is 56.2 Å². The van der Waals surface area contributed by atoms with E-state index in [1.807, 2.05) is 51.6 Å². The number of likely N-dealkylation sites (tertiary alicyclic amines) is 2. The largest absolute Gasteiger partial charge is 0.463 e. The lowest BCUT2D eigenvalue weighted by Crippen LogP contribution is -2.50. The van der Waals surface area contributed by atoms with E-state index >= 15 is 0 Å². The predicted octanol–water partition coefficient (Wildman–Crippen LogP) is 3.57. The SMILES string of the molecule is CCOC(=O)C1=C(CN2C[C@H]3C[C@@H](C2)c2cccc(=O)n2C3)NC(CN2C[C@@H]3C[C@@H](C2)c2cccc(=O)n2C3)=C(C(=O)OCC)C1c1ccccc1. The second-order valence-electron chi connectivity index (χ2n) is 15.0. The third kappa shape index (κ3) is 6.45. The highest BCUT2D eigenvalue weighted by atomic mass is 16.5. The molecule has 0 amide bonds. The second kappa shape index (κ2) is 14.4. The Hall–Kier alpha value is -4.74. The molecule has 11 heteroatoms. The molecule has 5 aliphatic rings. The first-order valence-electron chi connectivity index (χ1n) is 18.8. The average molecular weight is 706 g/mol. The number of pyridine rings is 2. The number of hydrogen-bond acceptors (Lipinski definition) is 9. The molecular weight excluding hydrogens is 658 g/mol. The van der Waals surface area contributed by atoms with Crippen LogP contribution >= 0.6 is 0 Å². The number of esters is 2. The maximum atomic E-state index is 14.1. The summed E-state index contributed by atoms with van der Waals surface area (Å²) in [4.78, 5) is 58.5. The summed E-state index contributed by atoms with van der Waals surface area (Å²) in [6.45, 7) is 9.32. The van der Waals surface area contributed by atoms with Crippen molar-refractivity contribution in [2.45, 2.75) is 57.5 Å². The number of hydrogen-bond donors (Lipinski definition) is 1. The van der Waals surface area contributed by atoms with Gasteiger partial charge in [-0.1, -0.05) is 42.5 Å². The summed E-state index contributed by atoms with van der Waals surface area (Å²) in [6.07, 6.45) is 2.04. The van der Waals surface area contributed by atoms with Crippen LogP contribution in [0.4, 0.5) is 0 Å². The molecule has 1 unspecified atom stereocenters. The van der Waals surface area contributed by atoms with Gasteiger partial charge >= 0.3 is 11.9 Å². The van der Waals surface area contributed by atoms with E-state index in [1.165, 1.54) is 0 Å². The second-order valence-corrected chi connectivity index (χ2v) is 15.0. The number of ether oxygens (including phenoxy) is 2. The molecule has 1 N–H and O–H groups in total. The molecule has 5 atom stereocenters. The van der Waals surface area contributed by atoms with Crippen LogP contribution in [-0.4, -0.2) is 83.4 Å². The predicted molar refractivity (Wildman–Crippen MR) is 196 cm³/mol. The molecule has 0 aliphatic carbocycles. The normalized spacial score (nSPS) is 25.5. The summed E-state index contributed by atoms with van der Waals surface area (Å²) in [5, 5.41) is 3.68. The van der Waals surface area contributed by atoms with Gasteiger partial charge in [0.1, 0.15) is 0 Å². The van der Waals surface area contributed by atoms with Crippen molar-refractivity contribution in [3.63, 3.8) is 0 Å². The Labute approximate surface area is 303 Å². The van der Waals surface area contributed by atoms with Crippen LogP contribution in [0, 0.1) is 11.8 Å². The number of piperidine rings is 2. The van der Waals surface area contributed by atoms with E-state index < -0.39 is 17.9 Å². The van der Waals surface area contributed by atoms with Crippen LogP contribution in [0.3, 0.4) is 0 Å². The summed E-state index contributed by atoms with van der Waals surface area (Å²) >= 11 is 0. The molecule has 52 heavy (non-hydrogen) atoms. The van der Waals surface area contributed by atoms with E-state index in [2.05, 4.69) is 27.2 Å². The Kier molecular flexibility index (Phi) is 9.48. The molecule has 0 radical (unpaired) electrons. The first-order chi connectivity index (χ1) is 25.3. The monoisotopic (exact) mass is 705 g/mol. The Morgan fingerprint density at radius 3 is 1.58 bits per heavy atom. The van der Waals surface area contributed by atoms with Gasteiger partial charge in [-0.25, -0.2) is 9.59 Å². The topological polar surface area (TPSA) is 115 Å². The average Bonchev–Trinajstić information content (AvgIpc) is 3.13. The summed E-state index contributed by atoms with van der Waals surface area (Å²) in [5.41, 5.74) is 5.36. The van der Waals surface area contributed by atoms with Crippen LogP contribution in [0.5, 0.6) is 0 Å². The third-order valence-corrected chi connectivity index (χ3v) is 11.5. The maximum absolute atomic E-state index is 14.1. The van der Waals surface area contributed by atoms with E-state index in [4.69, 9.17) is 9.47 Å². The zero-order chi connectivity index (χ0) is 35.9. The smallest absolute Gasteiger partial charge is 0.336 e. The number of dihydropyridines is 1. The quantitative estimate of drug-likeness (QED) is 0.334. The molecule has 8 rings (SSSR count). The van der Waals surface area contributed by atoms with E-state index in [9.17, 15) is 19.2 Å². The van der Waals surface area contributed by atoms with E-state index in [1.54, 1.807) is 26.0 Å². The van der Waals surface area contributed by atoms with Gasteiger partial charge in [0.25, 0.3) is 11.1 Å². The highest BCUT2D eigenvalue weighted by molar-refractivity contribution is 6.00. The van der Waals surface area contributed by atoms with E-state index in [-0.39, 0.29) is 36.2 Å². The van der Waals surface area contributed by atoms with Crippen molar-refractivity contribution in [3.8, 4) is 0 Å². The van der Waals surface area contributed by atoms with Crippen LogP contribution in [0.15, 0.2) is 98.9 Å². The minimum Gasteiger partial charge on any atom is -0.463 e. The fourth-order valence-corrected chi connectivity index (χ4v) is 9.63. The fourth-order valence-electron chi connectivity index (χ4n) is 9.63. The van der Waals surface area contributed by atoms with Crippen molar-refractivity contribution < 1.29 is 19.1 Å². The summed E-state index contributed by atoms with van der Waals surface area (Å²) in [5.74, 6) is -0.589. The van der Waals surface area contributed by atoms with Gasteiger partial charge in [0.2, 0.25) is 0 Å². The Morgan fingerprint density at radius 2 is 1.12 bits per heavy atom. The van der Waals surface area contributed by atoms with Crippen molar-refractivity contribution in [1.82, 2.24) is 24.3 Å². The molecule has 2 saturated heterocycles. The molecule has 0 spiro atoms. The van der Waals surface area contributed by atoms with Crippen molar-refractivity contribution >= 4 is 11.9 Å². The molecule has 7 heterocycles. The van der Waals surface area contributed by atoms with Gasteiger partial charge < -0.3 is 23.9 Å². The Balaban J connectivity index is 1.18. The standard InChI is InChI=1S/C41H47N5O6/c1-3-51-40(49)38-31(24-43-18-26-16-29(22-43)33-12-8-14-35(47)45(33)20-26)42-32(39(41(50)52-4-2)37(38)28-10-6-5-7-11-28)25-44-19-27-17-30(23-44)34-13-9-15-36(48)46(34)21-27/h5-15,26-27,29-30,37,42H,3-4,16-25H2,1-2H3/t26-,27+,29-,30-,37?/m0/s1. The molecule has 3 aromatic rings. The van der Waals surface area contributed by atoms with Gasteiger partial charge in [0.15, 0.2) is 0 Å². The van der Waals surface area contributed by atoms with Crippen molar-refractivity contribution in [2.75, 3.05) is 52.5 Å². The van der Waals surface area contributed by atoms with Crippen molar-refractivity contribution in [2.24, 2.45) is 11.8 Å². The lowest BCUT2D eigenvalue weighted by Gasteiger charge is -2.45. The number of carbonyl (C=O) groups is 2. The first-order valence-corrected chi connectivity index (χ1v) is 18.8. The molecule has 1 aromatic carbocycles. The van der Waals surface area contributed by atoms with Crippen molar-refractivity contribution in [3.05, 3.63) is 127 Å². The Bertz CT molecular complexity index is 1920. The minimum absolute atomic E-state index is 0.0475. The number of nitrogens with one attached hydrogen (secondary N) is 1.